The summed E-state index contributed by atoms with van der Waals surface area (Å²) in [5.74, 6) is 0.293. The van der Waals surface area contributed by atoms with E-state index in [0.717, 1.165) is 64.2 Å². The molecule has 2 fully saturated rings. The SMILES string of the molecule is C=C(CC[C@@H](C(=O)O)[C@H]1CC[C@@]2(C)C3=C(CC[C@]12C)[C@@]1(C)CC[C@H](O)C(C)(C)C1CC3)C(C)C. The van der Waals surface area contributed by atoms with Crippen LogP contribution in [0.3, 0.4) is 0 Å². The van der Waals surface area contributed by atoms with Crippen molar-refractivity contribution in [2.24, 2.45) is 45.3 Å². The molecule has 1 unspecified atom stereocenters. The third kappa shape index (κ3) is 3.58. The summed E-state index contributed by atoms with van der Waals surface area (Å²) in [7, 11) is 0. The number of carboxylic acid groups (broad SMARTS) is 1. The number of allylic oxidation sites excluding steroid dienone is 3. The molecule has 2 saturated carbocycles. The van der Waals surface area contributed by atoms with Gasteiger partial charge in [0.2, 0.25) is 0 Å². The molecule has 0 radical (unpaired) electrons. The maximum atomic E-state index is 12.5. The van der Waals surface area contributed by atoms with Crippen LogP contribution >= 0.6 is 0 Å². The van der Waals surface area contributed by atoms with E-state index in [2.05, 4.69) is 55.0 Å². The number of hydrogen-bond acceptors (Lipinski definition) is 2. The van der Waals surface area contributed by atoms with Crippen molar-refractivity contribution in [1.29, 1.82) is 0 Å². The minimum absolute atomic E-state index is 0.0426. The Morgan fingerprint density at radius 2 is 1.68 bits per heavy atom. The van der Waals surface area contributed by atoms with E-state index in [9.17, 15) is 15.0 Å². The van der Waals surface area contributed by atoms with Gasteiger partial charge < -0.3 is 10.2 Å². The molecular weight excluding hydrogens is 420 g/mol. The van der Waals surface area contributed by atoms with Crippen molar-refractivity contribution in [3.63, 3.8) is 0 Å². The first kappa shape index (κ1) is 26.0. The Labute approximate surface area is 208 Å². The van der Waals surface area contributed by atoms with Gasteiger partial charge in [0.1, 0.15) is 0 Å². The molecule has 0 aromatic carbocycles. The molecule has 2 N–H and O–H groups in total. The fourth-order valence-corrected chi connectivity index (χ4v) is 9.49. The fraction of sp³-hybridized carbons (Fsp3) is 0.839. The van der Waals surface area contributed by atoms with E-state index in [4.69, 9.17) is 0 Å². The second-order valence-electron chi connectivity index (χ2n) is 14.0. The van der Waals surface area contributed by atoms with Crippen LogP contribution in [0.25, 0.3) is 0 Å². The molecule has 3 nitrogen and oxygen atoms in total. The van der Waals surface area contributed by atoms with Gasteiger partial charge >= 0.3 is 5.97 Å². The highest BCUT2D eigenvalue weighted by molar-refractivity contribution is 5.70. The lowest BCUT2D eigenvalue weighted by atomic mass is 9.43. The van der Waals surface area contributed by atoms with Crippen molar-refractivity contribution in [2.45, 2.75) is 119 Å². The average Bonchev–Trinajstić information content (AvgIpc) is 3.02. The van der Waals surface area contributed by atoms with E-state index in [0.29, 0.717) is 11.8 Å². The van der Waals surface area contributed by atoms with Crippen molar-refractivity contribution in [3.8, 4) is 0 Å². The van der Waals surface area contributed by atoms with Crippen LogP contribution in [0.2, 0.25) is 0 Å². The standard InChI is InChI=1S/C31H50O3/c1-19(2)20(3)9-10-21(27(33)34)22-13-17-31(8)24-11-12-25-28(4,5)26(32)15-16-29(25,6)23(24)14-18-30(22,31)7/h19,21-22,25-26,32H,3,9-18H2,1-2,4-8H3,(H,33,34)/t21-,22-,25?,26+,29-,30-,31+/m1/s1. The topological polar surface area (TPSA) is 57.5 Å². The Kier molecular flexibility index (Phi) is 6.49. The smallest absolute Gasteiger partial charge is 0.306 e. The number of rotatable bonds is 6. The van der Waals surface area contributed by atoms with E-state index < -0.39 is 5.97 Å². The Hall–Kier alpha value is -1.09. The summed E-state index contributed by atoms with van der Waals surface area (Å²) < 4.78 is 0. The maximum absolute atomic E-state index is 12.5. The first-order chi connectivity index (χ1) is 15.7. The summed E-state index contributed by atoms with van der Waals surface area (Å²) in [6.45, 7) is 20.5. The third-order valence-corrected chi connectivity index (χ3v) is 12.2. The quantitative estimate of drug-likeness (QED) is 0.389. The van der Waals surface area contributed by atoms with Crippen molar-refractivity contribution in [3.05, 3.63) is 23.3 Å². The van der Waals surface area contributed by atoms with Crippen molar-refractivity contribution < 1.29 is 15.0 Å². The zero-order valence-corrected chi connectivity index (χ0v) is 23.0. The second-order valence-corrected chi connectivity index (χ2v) is 14.0. The fourth-order valence-electron chi connectivity index (χ4n) is 9.49. The summed E-state index contributed by atoms with van der Waals surface area (Å²) in [5, 5.41) is 21.1. The molecule has 0 spiro atoms. The van der Waals surface area contributed by atoms with Crippen molar-refractivity contribution in [2.75, 3.05) is 0 Å². The summed E-state index contributed by atoms with van der Waals surface area (Å²) in [4.78, 5) is 12.5. The van der Waals surface area contributed by atoms with E-state index in [1.165, 1.54) is 5.57 Å². The monoisotopic (exact) mass is 470 g/mol. The molecule has 3 heteroatoms. The van der Waals surface area contributed by atoms with Gasteiger partial charge in [-0.1, -0.05) is 71.8 Å². The highest BCUT2D eigenvalue weighted by atomic mass is 16.4. The molecule has 0 bridgehead atoms. The van der Waals surface area contributed by atoms with Crippen LogP contribution in [-0.2, 0) is 4.79 Å². The maximum Gasteiger partial charge on any atom is 0.306 e. The van der Waals surface area contributed by atoms with Gasteiger partial charge in [0.15, 0.2) is 0 Å². The minimum atomic E-state index is -0.606. The van der Waals surface area contributed by atoms with Gasteiger partial charge in [-0.15, -0.1) is 0 Å². The third-order valence-electron chi connectivity index (χ3n) is 12.2. The number of hydrogen-bond donors (Lipinski definition) is 2. The lowest BCUT2D eigenvalue weighted by molar-refractivity contribution is -0.146. The molecule has 0 heterocycles. The van der Waals surface area contributed by atoms with Gasteiger partial charge in [-0.25, -0.2) is 0 Å². The minimum Gasteiger partial charge on any atom is -0.481 e. The van der Waals surface area contributed by atoms with Crippen LogP contribution in [0.15, 0.2) is 23.3 Å². The number of aliphatic carboxylic acids is 1. The Morgan fingerprint density at radius 1 is 1.00 bits per heavy atom. The van der Waals surface area contributed by atoms with Crippen LogP contribution in [-0.4, -0.2) is 22.3 Å². The molecule has 4 aliphatic carbocycles. The van der Waals surface area contributed by atoms with E-state index in [1.54, 1.807) is 11.1 Å². The van der Waals surface area contributed by atoms with Gasteiger partial charge in [0.25, 0.3) is 0 Å². The van der Waals surface area contributed by atoms with E-state index in [1.807, 2.05) is 0 Å². The molecule has 0 aromatic rings. The molecular formula is C31H50O3. The molecule has 192 valence electrons. The zero-order chi connectivity index (χ0) is 25.3. The molecule has 0 aliphatic heterocycles. The van der Waals surface area contributed by atoms with Crippen LogP contribution in [0.5, 0.6) is 0 Å². The second kappa shape index (κ2) is 8.49. The van der Waals surface area contributed by atoms with E-state index in [-0.39, 0.29) is 39.6 Å². The predicted octanol–water partition coefficient (Wildman–Crippen LogP) is 7.79. The van der Waals surface area contributed by atoms with Gasteiger partial charge in [0, 0.05) is 0 Å². The molecule has 4 rings (SSSR count). The molecule has 34 heavy (non-hydrogen) atoms. The zero-order valence-electron chi connectivity index (χ0n) is 23.0. The Balaban J connectivity index is 1.67. The lowest BCUT2D eigenvalue weighted by Gasteiger charge is -2.62. The first-order valence-electron chi connectivity index (χ1n) is 14.0. The van der Waals surface area contributed by atoms with Crippen LogP contribution in [0.1, 0.15) is 113 Å². The highest BCUT2D eigenvalue weighted by Crippen LogP contribution is 2.72. The number of aliphatic hydroxyl groups is 1. The number of carboxylic acids is 1. The molecule has 0 amide bonds. The van der Waals surface area contributed by atoms with Crippen molar-refractivity contribution >= 4 is 5.97 Å². The summed E-state index contributed by atoms with van der Waals surface area (Å²) >= 11 is 0. The summed E-state index contributed by atoms with van der Waals surface area (Å²) in [5.41, 5.74) is 4.84. The van der Waals surface area contributed by atoms with Crippen LogP contribution in [0, 0.1) is 45.3 Å². The van der Waals surface area contributed by atoms with Gasteiger partial charge in [-0.2, -0.15) is 0 Å². The average molecular weight is 471 g/mol. The summed E-state index contributed by atoms with van der Waals surface area (Å²) in [6.07, 6.45) is 9.98. The largest absolute Gasteiger partial charge is 0.481 e. The molecule has 4 aliphatic rings. The van der Waals surface area contributed by atoms with Gasteiger partial charge in [-0.05, 0) is 104 Å². The predicted molar refractivity (Wildman–Crippen MR) is 139 cm³/mol. The Morgan fingerprint density at radius 3 is 2.29 bits per heavy atom. The normalized spacial score (nSPS) is 42.1. The number of aliphatic hydroxyl groups excluding tert-OH is 1. The first-order valence-corrected chi connectivity index (χ1v) is 14.0. The van der Waals surface area contributed by atoms with Gasteiger partial charge in [-0.3, -0.25) is 4.79 Å². The molecule has 0 saturated heterocycles. The Bertz CT molecular complexity index is 881. The highest BCUT2D eigenvalue weighted by Gasteiger charge is 2.64. The molecule has 0 aromatic heterocycles. The number of fused-ring (bicyclic) bond motifs is 4. The lowest BCUT2D eigenvalue weighted by Crippen LogP contribution is -2.55. The summed E-state index contributed by atoms with van der Waals surface area (Å²) in [6, 6.07) is 0. The number of carbonyl (C=O) groups is 1. The molecule has 7 atom stereocenters. The van der Waals surface area contributed by atoms with E-state index >= 15 is 0 Å². The van der Waals surface area contributed by atoms with Crippen molar-refractivity contribution in [1.82, 2.24) is 0 Å². The van der Waals surface area contributed by atoms with Gasteiger partial charge in [0.05, 0.1) is 12.0 Å². The van der Waals surface area contributed by atoms with Crippen LogP contribution < -0.4 is 0 Å². The van der Waals surface area contributed by atoms with Crippen LogP contribution in [0.4, 0.5) is 0 Å².